The number of carbonyl (C=O) groups is 2. The number of amides is 2. The highest BCUT2D eigenvalue weighted by Gasteiger charge is 2.33. The van der Waals surface area contributed by atoms with Crippen molar-refractivity contribution in [3.05, 3.63) is 41.4 Å². The molecule has 0 fully saturated rings. The lowest BCUT2D eigenvalue weighted by molar-refractivity contribution is -0.137. The zero-order valence-electron chi connectivity index (χ0n) is 10.1. The van der Waals surface area contributed by atoms with Crippen molar-refractivity contribution in [2.24, 2.45) is 0 Å². The third-order valence-corrected chi connectivity index (χ3v) is 2.47. The lowest BCUT2D eigenvalue weighted by atomic mass is 10.2. The minimum Gasteiger partial charge on any atom is -0.344 e. The van der Waals surface area contributed by atoms with Crippen molar-refractivity contribution in [1.29, 1.82) is 0 Å². The topological polar surface area (TPSA) is 58.2 Å². The molecule has 2 amide bonds. The first-order chi connectivity index (χ1) is 9.25. The molecule has 1 aromatic carbocycles. The van der Waals surface area contributed by atoms with Crippen LogP contribution in [0.5, 0.6) is 0 Å². The maximum Gasteiger partial charge on any atom is 0.417 e. The van der Waals surface area contributed by atoms with E-state index >= 15 is 0 Å². The van der Waals surface area contributed by atoms with E-state index in [9.17, 15) is 22.8 Å². The molecule has 0 unspecified atom stereocenters. The van der Waals surface area contributed by atoms with E-state index in [0.29, 0.717) is 6.07 Å². The van der Waals surface area contributed by atoms with Gasteiger partial charge in [0.15, 0.2) is 0 Å². The van der Waals surface area contributed by atoms with Gasteiger partial charge in [0.2, 0.25) is 0 Å². The number of alkyl halides is 3. The van der Waals surface area contributed by atoms with Crippen molar-refractivity contribution in [3.8, 4) is 0 Å². The zero-order chi connectivity index (χ0) is 15.3. The van der Waals surface area contributed by atoms with Gasteiger partial charge in [-0.25, -0.2) is 0 Å². The van der Waals surface area contributed by atoms with E-state index in [1.54, 1.807) is 0 Å². The van der Waals surface area contributed by atoms with Gasteiger partial charge in [0, 0.05) is 12.2 Å². The fourth-order valence-corrected chi connectivity index (χ4v) is 1.48. The third kappa shape index (κ3) is 4.27. The maximum absolute atomic E-state index is 12.6. The van der Waals surface area contributed by atoms with Crippen molar-refractivity contribution in [2.75, 3.05) is 11.9 Å². The second-order valence-corrected chi connectivity index (χ2v) is 4.05. The van der Waals surface area contributed by atoms with Crippen molar-refractivity contribution >= 4 is 29.1 Å². The first kappa shape index (κ1) is 16.0. The highest BCUT2D eigenvalue weighted by atomic mass is 35.5. The monoisotopic (exact) mass is 306 g/mol. The van der Waals surface area contributed by atoms with E-state index in [2.05, 4.69) is 11.9 Å². The van der Waals surface area contributed by atoms with Crippen LogP contribution in [-0.2, 0) is 15.8 Å². The Labute approximate surface area is 117 Å². The minimum absolute atomic E-state index is 0.0701. The van der Waals surface area contributed by atoms with Crippen molar-refractivity contribution in [2.45, 2.75) is 6.18 Å². The molecule has 0 aliphatic rings. The first-order valence-electron chi connectivity index (χ1n) is 5.32. The van der Waals surface area contributed by atoms with Gasteiger partial charge in [-0.2, -0.15) is 13.2 Å². The molecule has 0 bridgehead atoms. The number of carbonyl (C=O) groups excluding carboxylic acids is 2. The summed E-state index contributed by atoms with van der Waals surface area (Å²) < 4.78 is 37.8. The molecule has 4 nitrogen and oxygen atoms in total. The van der Waals surface area contributed by atoms with Crippen LogP contribution in [0.1, 0.15) is 5.56 Å². The van der Waals surface area contributed by atoms with Gasteiger partial charge in [0.25, 0.3) is 0 Å². The molecule has 0 aliphatic carbocycles. The Balaban J connectivity index is 2.86. The summed E-state index contributed by atoms with van der Waals surface area (Å²) in [7, 11) is 0. The number of nitrogens with one attached hydrogen (secondary N) is 2. The maximum atomic E-state index is 12.6. The van der Waals surface area contributed by atoms with Gasteiger partial charge in [-0.15, -0.1) is 6.58 Å². The Hall–Kier alpha value is -2.02. The van der Waals surface area contributed by atoms with Gasteiger partial charge < -0.3 is 10.6 Å². The van der Waals surface area contributed by atoms with Crippen LogP contribution < -0.4 is 10.6 Å². The van der Waals surface area contributed by atoms with Gasteiger partial charge >= 0.3 is 18.0 Å². The quantitative estimate of drug-likeness (QED) is 0.666. The molecule has 0 saturated carbocycles. The van der Waals surface area contributed by atoms with Gasteiger partial charge in [-0.3, -0.25) is 9.59 Å². The predicted molar refractivity (Wildman–Crippen MR) is 68.3 cm³/mol. The number of rotatable bonds is 3. The smallest absolute Gasteiger partial charge is 0.344 e. The second kappa shape index (κ2) is 6.42. The van der Waals surface area contributed by atoms with E-state index in [-0.39, 0.29) is 12.2 Å². The molecule has 1 aromatic rings. The lowest BCUT2D eigenvalue weighted by Gasteiger charge is -2.11. The number of halogens is 4. The van der Waals surface area contributed by atoms with Crippen LogP contribution in [0.2, 0.25) is 5.02 Å². The molecule has 0 spiro atoms. The highest BCUT2D eigenvalue weighted by Crippen LogP contribution is 2.36. The van der Waals surface area contributed by atoms with E-state index in [1.165, 1.54) is 6.08 Å². The normalized spacial score (nSPS) is 10.8. The van der Waals surface area contributed by atoms with E-state index in [0.717, 1.165) is 12.1 Å². The molecule has 8 heteroatoms. The van der Waals surface area contributed by atoms with Gasteiger partial charge in [-0.1, -0.05) is 17.7 Å². The third-order valence-electron chi connectivity index (χ3n) is 2.14. The van der Waals surface area contributed by atoms with Crippen molar-refractivity contribution in [1.82, 2.24) is 5.32 Å². The van der Waals surface area contributed by atoms with Crippen LogP contribution >= 0.6 is 11.6 Å². The van der Waals surface area contributed by atoms with E-state index in [1.807, 2.05) is 5.32 Å². The summed E-state index contributed by atoms with van der Waals surface area (Å²) >= 11 is 5.43. The largest absolute Gasteiger partial charge is 0.417 e. The summed E-state index contributed by atoms with van der Waals surface area (Å²) in [5.74, 6) is -2.06. The molecule has 2 N–H and O–H groups in total. The molecule has 0 saturated heterocycles. The number of hydrogen-bond acceptors (Lipinski definition) is 2. The standard InChI is InChI=1S/C12H10ClF3N2O2/c1-2-5-17-10(19)11(20)18-7-3-4-9(13)8(6-7)12(14,15)16/h2-4,6H,1,5H2,(H,17,19)(H,18,20). The average molecular weight is 307 g/mol. The molecule has 0 radical (unpaired) electrons. The zero-order valence-corrected chi connectivity index (χ0v) is 10.8. The molecule has 0 aliphatic heterocycles. The molecule has 108 valence electrons. The van der Waals surface area contributed by atoms with Crippen LogP contribution in [0.15, 0.2) is 30.9 Å². The van der Waals surface area contributed by atoms with Crippen molar-refractivity contribution < 1.29 is 22.8 Å². The molecule has 0 atom stereocenters. The summed E-state index contributed by atoms with van der Waals surface area (Å²) in [6.07, 6.45) is -3.29. The highest BCUT2D eigenvalue weighted by molar-refractivity contribution is 6.39. The molecule has 1 rings (SSSR count). The lowest BCUT2D eigenvalue weighted by Crippen LogP contribution is -2.35. The molecular formula is C12H10ClF3N2O2. The van der Waals surface area contributed by atoms with Gasteiger partial charge in [0.1, 0.15) is 0 Å². The Morgan fingerprint density at radius 1 is 1.30 bits per heavy atom. The van der Waals surface area contributed by atoms with E-state index in [4.69, 9.17) is 11.6 Å². The Morgan fingerprint density at radius 3 is 2.50 bits per heavy atom. The van der Waals surface area contributed by atoms with Gasteiger partial charge in [0.05, 0.1) is 10.6 Å². The minimum atomic E-state index is -4.65. The Kier molecular flexibility index (Phi) is 5.15. The first-order valence-corrected chi connectivity index (χ1v) is 5.70. The second-order valence-electron chi connectivity index (χ2n) is 3.65. The molecular weight excluding hydrogens is 297 g/mol. The summed E-state index contributed by atoms with van der Waals surface area (Å²) in [5, 5.41) is 3.74. The van der Waals surface area contributed by atoms with Crippen LogP contribution in [0.3, 0.4) is 0 Å². The number of anilines is 1. The summed E-state index contributed by atoms with van der Waals surface area (Å²) in [4.78, 5) is 22.6. The van der Waals surface area contributed by atoms with Crippen LogP contribution in [0.25, 0.3) is 0 Å². The Morgan fingerprint density at radius 2 is 1.95 bits per heavy atom. The number of hydrogen-bond donors (Lipinski definition) is 2. The van der Waals surface area contributed by atoms with Crippen molar-refractivity contribution in [3.63, 3.8) is 0 Å². The Bertz CT molecular complexity index is 544. The summed E-state index contributed by atoms with van der Waals surface area (Å²) in [6.45, 7) is 3.41. The summed E-state index contributed by atoms with van der Waals surface area (Å²) in [6, 6.07) is 2.80. The fraction of sp³-hybridized carbons (Fsp3) is 0.167. The SMILES string of the molecule is C=CCNC(=O)C(=O)Nc1ccc(Cl)c(C(F)(F)F)c1. The van der Waals surface area contributed by atoms with Gasteiger partial charge in [-0.05, 0) is 18.2 Å². The molecule has 20 heavy (non-hydrogen) atoms. The molecule has 0 heterocycles. The van der Waals surface area contributed by atoms with Crippen LogP contribution in [0, 0.1) is 0 Å². The predicted octanol–water partition coefficient (Wildman–Crippen LogP) is 2.60. The molecule has 0 aromatic heterocycles. The number of benzene rings is 1. The van der Waals surface area contributed by atoms with E-state index < -0.39 is 28.6 Å². The average Bonchev–Trinajstić information content (AvgIpc) is 2.36. The van der Waals surface area contributed by atoms with Crippen LogP contribution in [0.4, 0.5) is 18.9 Å². The summed E-state index contributed by atoms with van der Waals surface area (Å²) in [5.41, 5.74) is -1.27. The van der Waals surface area contributed by atoms with Crippen LogP contribution in [-0.4, -0.2) is 18.4 Å². The fourth-order valence-electron chi connectivity index (χ4n) is 1.25.